The first kappa shape index (κ1) is 25.8. The van der Waals surface area contributed by atoms with Crippen LogP contribution in [-0.2, 0) is 13.1 Å². The van der Waals surface area contributed by atoms with Crippen LogP contribution in [-0.4, -0.2) is 76.8 Å². The molecule has 3 aromatic rings. The minimum atomic E-state index is 0.547. The lowest BCUT2D eigenvalue weighted by atomic mass is 9.95. The van der Waals surface area contributed by atoms with Crippen LogP contribution in [0.25, 0.3) is 10.9 Å². The van der Waals surface area contributed by atoms with Crippen molar-refractivity contribution in [2.75, 3.05) is 56.0 Å². The second kappa shape index (κ2) is 13.6. The standard InChI is InChI=1S/C27H42N10/c1-2-8-22(9-3-1)30-14-6-12-28-13-7-17-37-21-23(34-35-37)20-31-27-32-25-11-5-4-10-24(25)26(33-27)36-18-15-29-16-19-36/h4-5,10-11,21-22,28-30H,1-3,6-9,12-20H2,(H,31,32,33). The number of nitrogens with one attached hydrogen (secondary N) is 4. The summed E-state index contributed by atoms with van der Waals surface area (Å²) in [5.74, 6) is 1.62. The fourth-order valence-electron chi connectivity index (χ4n) is 5.27. The number of hydrogen-bond acceptors (Lipinski definition) is 9. The van der Waals surface area contributed by atoms with Gasteiger partial charge in [-0.2, -0.15) is 4.98 Å². The van der Waals surface area contributed by atoms with Crippen LogP contribution in [0, 0.1) is 0 Å². The van der Waals surface area contributed by atoms with Crippen molar-refractivity contribution in [2.24, 2.45) is 0 Å². The highest BCUT2D eigenvalue weighted by atomic mass is 15.4. The van der Waals surface area contributed by atoms with E-state index in [0.29, 0.717) is 12.5 Å². The van der Waals surface area contributed by atoms with Gasteiger partial charge in [0.2, 0.25) is 5.95 Å². The number of aryl methyl sites for hydroxylation is 1. The van der Waals surface area contributed by atoms with Gasteiger partial charge in [-0.25, -0.2) is 4.98 Å². The Morgan fingerprint density at radius 3 is 2.68 bits per heavy atom. The zero-order chi connectivity index (χ0) is 25.1. The molecule has 0 radical (unpaired) electrons. The molecule has 0 atom stereocenters. The fraction of sp³-hybridized carbons (Fsp3) is 0.630. The van der Waals surface area contributed by atoms with Gasteiger partial charge in [-0.05, 0) is 57.5 Å². The number of benzene rings is 1. The van der Waals surface area contributed by atoms with E-state index in [1.165, 1.54) is 38.5 Å². The van der Waals surface area contributed by atoms with Crippen molar-refractivity contribution >= 4 is 22.7 Å². The third kappa shape index (κ3) is 7.59. The van der Waals surface area contributed by atoms with Crippen molar-refractivity contribution in [1.29, 1.82) is 0 Å². The Morgan fingerprint density at radius 2 is 1.78 bits per heavy atom. The van der Waals surface area contributed by atoms with Gasteiger partial charge >= 0.3 is 0 Å². The SMILES string of the molecule is c1ccc2c(N3CCNCC3)nc(NCc3cn(CCCNCCCNC4CCCCC4)nn3)nc2c1. The van der Waals surface area contributed by atoms with Gasteiger partial charge in [0.1, 0.15) is 11.5 Å². The van der Waals surface area contributed by atoms with E-state index >= 15 is 0 Å². The molecule has 5 rings (SSSR count). The maximum atomic E-state index is 4.87. The summed E-state index contributed by atoms with van der Waals surface area (Å²) in [5, 5.41) is 23.8. The molecule has 1 saturated carbocycles. The van der Waals surface area contributed by atoms with Crippen LogP contribution in [0.1, 0.15) is 50.6 Å². The number of aromatic nitrogens is 5. The molecule has 1 saturated heterocycles. The lowest BCUT2D eigenvalue weighted by Crippen LogP contribution is -2.44. The summed E-state index contributed by atoms with van der Waals surface area (Å²) in [6.45, 7) is 8.42. The van der Waals surface area contributed by atoms with E-state index in [1.807, 2.05) is 29.1 Å². The Hall–Kier alpha value is -2.82. The molecule has 2 aromatic heterocycles. The number of hydrogen-bond donors (Lipinski definition) is 4. The van der Waals surface area contributed by atoms with E-state index in [1.54, 1.807) is 0 Å². The van der Waals surface area contributed by atoms with Crippen molar-refractivity contribution in [1.82, 2.24) is 40.9 Å². The summed E-state index contributed by atoms with van der Waals surface area (Å²) < 4.78 is 1.93. The van der Waals surface area contributed by atoms with E-state index in [9.17, 15) is 0 Å². The molecule has 10 heteroatoms. The second-order valence-corrected chi connectivity index (χ2v) is 10.2. The van der Waals surface area contributed by atoms with Gasteiger partial charge in [0.05, 0.1) is 18.3 Å². The van der Waals surface area contributed by atoms with Gasteiger partial charge in [0.25, 0.3) is 0 Å². The monoisotopic (exact) mass is 506 g/mol. The Balaban J connectivity index is 1.03. The lowest BCUT2D eigenvalue weighted by molar-refractivity contribution is 0.371. The summed E-state index contributed by atoms with van der Waals surface area (Å²) in [6, 6.07) is 8.98. The Morgan fingerprint density at radius 1 is 0.946 bits per heavy atom. The zero-order valence-electron chi connectivity index (χ0n) is 22.0. The molecule has 1 aromatic carbocycles. The highest BCUT2D eigenvalue weighted by Crippen LogP contribution is 2.25. The van der Waals surface area contributed by atoms with Gasteiger partial charge in [0, 0.05) is 44.2 Å². The maximum Gasteiger partial charge on any atom is 0.225 e. The predicted octanol–water partition coefficient (Wildman–Crippen LogP) is 2.54. The molecule has 4 N–H and O–H groups in total. The molecular weight excluding hydrogens is 464 g/mol. The molecule has 0 unspecified atom stereocenters. The molecule has 10 nitrogen and oxygen atoms in total. The summed E-state index contributed by atoms with van der Waals surface area (Å²) in [4.78, 5) is 11.9. The molecule has 2 aliphatic rings. The Kier molecular flexibility index (Phi) is 9.52. The van der Waals surface area contributed by atoms with E-state index in [2.05, 4.69) is 42.5 Å². The number of para-hydroxylation sites is 1. The molecule has 0 spiro atoms. The fourth-order valence-corrected chi connectivity index (χ4v) is 5.27. The quantitative estimate of drug-likeness (QED) is 0.260. The van der Waals surface area contributed by atoms with E-state index in [0.717, 1.165) is 87.2 Å². The summed E-state index contributed by atoms with van der Waals surface area (Å²) in [7, 11) is 0. The number of piperazine rings is 1. The molecule has 0 bridgehead atoms. The van der Waals surface area contributed by atoms with E-state index < -0.39 is 0 Å². The van der Waals surface area contributed by atoms with Crippen molar-refractivity contribution < 1.29 is 0 Å². The van der Waals surface area contributed by atoms with Crippen molar-refractivity contribution in [3.8, 4) is 0 Å². The lowest BCUT2D eigenvalue weighted by Gasteiger charge is -2.29. The average molecular weight is 507 g/mol. The number of fused-ring (bicyclic) bond motifs is 1. The van der Waals surface area contributed by atoms with Crippen LogP contribution in [0.15, 0.2) is 30.5 Å². The minimum absolute atomic E-state index is 0.547. The molecule has 2 fully saturated rings. The van der Waals surface area contributed by atoms with Crippen LogP contribution < -0.4 is 26.2 Å². The zero-order valence-corrected chi connectivity index (χ0v) is 22.0. The molecule has 200 valence electrons. The first-order valence-electron chi connectivity index (χ1n) is 14.1. The third-order valence-electron chi connectivity index (χ3n) is 7.32. The van der Waals surface area contributed by atoms with Gasteiger partial charge in [-0.3, -0.25) is 4.68 Å². The number of rotatable bonds is 13. The van der Waals surface area contributed by atoms with Gasteiger partial charge < -0.3 is 26.2 Å². The molecule has 1 aliphatic carbocycles. The van der Waals surface area contributed by atoms with Crippen LogP contribution >= 0.6 is 0 Å². The normalized spacial score (nSPS) is 16.9. The van der Waals surface area contributed by atoms with Gasteiger partial charge in [-0.15, -0.1) is 5.10 Å². The molecule has 37 heavy (non-hydrogen) atoms. The predicted molar refractivity (Wildman–Crippen MR) is 149 cm³/mol. The number of anilines is 2. The van der Waals surface area contributed by atoms with E-state index in [4.69, 9.17) is 9.97 Å². The van der Waals surface area contributed by atoms with Crippen LogP contribution in [0.4, 0.5) is 11.8 Å². The topological polar surface area (TPSA) is 108 Å². The largest absolute Gasteiger partial charge is 0.353 e. The highest BCUT2D eigenvalue weighted by Gasteiger charge is 2.17. The van der Waals surface area contributed by atoms with Crippen molar-refractivity contribution in [3.05, 3.63) is 36.2 Å². The second-order valence-electron chi connectivity index (χ2n) is 10.2. The van der Waals surface area contributed by atoms with Gasteiger partial charge in [0.15, 0.2) is 0 Å². The average Bonchev–Trinajstić information content (AvgIpc) is 3.41. The Labute approximate surface area is 220 Å². The Bertz CT molecular complexity index is 1090. The molecular formula is C27H42N10. The van der Waals surface area contributed by atoms with Crippen LogP contribution in [0.5, 0.6) is 0 Å². The van der Waals surface area contributed by atoms with Crippen molar-refractivity contribution in [2.45, 2.75) is 64.1 Å². The smallest absolute Gasteiger partial charge is 0.225 e. The minimum Gasteiger partial charge on any atom is -0.353 e. The summed E-state index contributed by atoms with van der Waals surface area (Å²) >= 11 is 0. The first-order chi connectivity index (χ1) is 18.3. The number of nitrogens with zero attached hydrogens (tertiary/aromatic N) is 6. The molecule has 3 heterocycles. The van der Waals surface area contributed by atoms with Crippen LogP contribution in [0.2, 0.25) is 0 Å². The highest BCUT2D eigenvalue weighted by molar-refractivity contribution is 5.90. The summed E-state index contributed by atoms with van der Waals surface area (Å²) in [6.07, 6.45) is 11.2. The molecule has 0 amide bonds. The van der Waals surface area contributed by atoms with Crippen LogP contribution in [0.3, 0.4) is 0 Å². The molecule has 1 aliphatic heterocycles. The first-order valence-corrected chi connectivity index (χ1v) is 14.1. The van der Waals surface area contributed by atoms with E-state index in [-0.39, 0.29) is 0 Å². The maximum absolute atomic E-state index is 4.87. The van der Waals surface area contributed by atoms with Gasteiger partial charge in [-0.1, -0.05) is 36.6 Å². The van der Waals surface area contributed by atoms with Crippen molar-refractivity contribution in [3.63, 3.8) is 0 Å². The summed E-state index contributed by atoms with van der Waals surface area (Å²) in [5.41, 5.74) is 1.84. The third-order valence-corrected chi connectivity index (χ3v) is 7.32.